The van der Waals surface area contributed by atoms with Crippen LogP contribution in [-0.2, 0) is 0 Å². The van der Waals surface area contributed by atoms with Crippen molar-refractivity contribution >= 4 is 11.5 Å². The number of azo groups is 1. The fraction of sp³-hybridized carbons (Fsp3) is 0. The van der Waals surface area contributed by atoms with Crippen LogP contribution in [0.1, 0.15) is 0 Å². The molecular weight excluding hydrogens is 308 g/mol. The quantitative estimate of drug-likeness (QED) is 0.449. The number of nitrogens with one attached hydrogen (secondary N) is 1. The topological polar surface area (TPSA) is 53.4 Å². The van der Waals surface area contributed by atoms with Crippen LogP contribution < -0.4 is 0 Å². The van der Waals surface area contributed by atoms with Gasteiger partial charge in [-0.1, -0.05) is 78.9 Å². The van der Waals surface area contributed by atoms with Crippen molar-refractivity contribution in [3.63, 3.8) is 0 Å². The third kappa shape index (κ3) is 3.38. The number of aromatic amines is 1. The van der Waals surface area contributed by atoms with Crippen molar-refractivity contribution in [2.75, 3.05) is 0 Å². The van der Waals surface area contributed by atoms with Crippen molar-refractivity contribution in [3.05, 3.63) is 91.0 Å². The first-order valence-electron chi connectivity index (χ1n) is 8.08. The lowest BCUT2D eigenvalue weighted by atomic mass is 10.1. The lowest BCUT2D eigenvalue weighted by Crippen LogP contribution is -1.80. The van der Waals surface area contributed by atoms with Crippen molar-refractivity contribution in [3.8, 4) is 22.6 Å². The highest BCUT2D eigenvalue weighted by Gasteiger charge is 2.13. The van der Waals surface area contributed by atoms with Gasteiger partial charge in [0, 0.05) is 11.1 Å². The van der Waals surface area contributed by atoms with Gasteiger partial charge in [0.05, 0.1) is 11.4 Å². The maximum Gasteiger partial charge on any atom is 0.200 e. The highest BCUT2D eigenvalue weighted by Crippen LogP contribution is 2.32. The van der Waals surface area contributed by atoms with Crippen molar-refractivity contribution in [2.24, 2.45) is 10.2 Å². The van der Waals surface area contributed by atoms with Crippen LogP contribution >= 0.6 is 0 Å². The molecule has 0 radical (unpaired) electrons. The van der Waals surface area contributed by atoms with Gasteiger partial charge in [-0.15, -0.1) is 10.2 Å². The van der Waals surface area contributed by atoms with Gasteiger partial charge in [0.15, 0.2) is 0 Å². The molecule has 4 rings (SSSR count). The maximum atomic E-state index is 4.66. The van der Waals surface area contributed by atoms with Crippen LogP contribution in [0.3, 0.4) is 0 Å². The van der Waals surface area contributed by atoms with Crippen molar-refractivity contribution in [1.29, 1.82) is 0 Å². The van der Waals surface area contributed by atoms with E-state index in [9.17, 15) is 0 Å². The number of imidazole rings is 1. The van der Waals surface area contributed by atoms with E-state index in [1.165, 1.54) is 0 Å². The SMILES string of the molecule is c1ccc(N=Nc2nc(-c3ccccc3)[nH]c2-c2ccccc2)cc1. The minimum atomic E-state index is 0.578. The molecule has 3 aromatic carbocycles. The molecule has 1 heterocycles. The van der Waals surface area contributed by atoms with Crippen LogP contribution in [0.25, 0.3) is 22.6 Å². The Balaban J connectivity index is 1.78. The number of benzene rings is 3. The Morgan fingerprint density at radius 3 is 1.80 bits per heavy atom. The second-order valence-electron chi connectivity index (χ2n) is 5.55. The van der Waals surface area contributed by atoms with E-state index in [1.54, 1.807) is 0 Å². The molecule has 0 bridgehead atoms. The average Bonchev–Trinajstić information content (AvgIpc) is 3.13. The summed E-state index contributed by atoms with van der Waals surface area (Å²) >= 11 is 0. The molecule has 0 unspecified atom stereocenters. The Kier molecular flexibility index (Phi) is 4.16. The highest BCUT2D eigenvalue weighted by molar-refractivity contribution is 5.74. The lowest BCUT2D eigenvalue weighted by molar-refractivity contribution is 1.18. The van der Waals surface area contributed by atoms with Gasteiger partial charge in [-0.3, -0.25) is 0 Å². The summed E-state index contributed by atoms with van der Waals surface area (Å²) in [5, 5.41) is 8.69. The van der Waals surface area contributed by atoms with Gasteiger partial charge in [-0.05, 0) is 12.1 Å². The van der Waals surface area contributed by atoms with E-state index in [0.717, 1.165) is 28.3 Å². The first-order valence-corrected chi connectivity index (χ1v) is 8.08. The molecule has 1 aromatic heterocycles. The standard InChI is InChI=1S/C21H16N4/c1-4-10-16(11-5-1)19-21(25-24-18-14-8-3-9-15-18)23-20(22-19)17-12-6-2-7-13-17/h1-15H,(H,22,23). The van der Waals surface area contributed by atoms with Crippen LogP contribution in [-0.4, -0.2) is 9.97 Å². The van der Waals surface area contributed by atoms with Crippen LogP contribution in [0.2, 0.25) is 0 Å². The summed E-state index contributed by atoms with van der Waals surface area (Å²) in [5.41, 5.74) is 3.70. The predicted octanol–water partition coefficient (Wildman–Crippen LogP) is 6.16. The van der Waals surface area contributed by atoms with Crippen molar-refractivity contribution in [1.82, 2.24) is 9.97 Å². The number of hydrogen-bond acceptors (Lipinski definition) is 3. The Morgan fingerprint density at radius 1 is 0.600 bits per heavy atom. The lowest BCUT2D eigenvalue weighted by Gasteiger charge is -1.98. The average molecular weight is 324 g/mol. The van der Waals surface area contributed by atoms with Crippen LogP contribution in [0.4, 0.5) is 11.5 Å². The Labute approximate surface area is 145 Å². The van der Waals surface area contributed by atoms with E-state index in [-0.39, 0.29) is 0 Å². The number of hydrogen-bond donors (Lipinski definition) is 1. The zero-order chi connectivity index (χ0) is 16.9. The molecule has 4 nitrogen and oxygen atoms in total. The van der Waals surface area contributed by atoms with Crippen LogP contribution in [0, 0.1) is 0 Å². The minimum absolute atomic E-state index is 0.578. The first kappa shape index (κ1) is 15.0. The van der Waals surface area contributed by atoms with E-state index < -0.39 is 0 Å². The van der Waals surface area contributed by atoms with Crippen LogP contribution in [0.5, 0.6) is 0 Å². The monoisotopic (exact) mass is 324 g/mol. The molecule has 0 fully saturated rings. The van der Waals surface area contributed by atoms with Gasteiger partial charge in [0.2, 0.25) is 5.82 Å². The van der Waals surface area contributed by atoms with E-state index in [4.69, 9.17) is 0 Å². The van der Waals surface area contributed by atoms with E-state index >= 15 is 0 Å². The Morgan fingerprint density at radius 2 is 1.16 bits per heavy atom. The second-order valence-corrected chi connectivity index (χ2v) is 5.55. The molecule has 4 aromatic rings. The molecule has 25 heavy (non-hydrogen) atoms. The summed E-state index contributed by atoms with van der Waals surface area (Å²) < 4.78 is 0. The van der Waals surface area contributed by atoms with E-state index in [0.29, 0.717) is 5.82 Å². The molecule has 120 valence electrons. The van der Waals surface area contributed by atoms with Gasteiger partial charge in [-0.25, -0.2) is 4.98 Å². The van der Waals surface area contributed by atoms with Gasteiger partial charge in [0.25, 0.3) is 0 Å². The van der Waals surface area contributed by atoms with Gasteiger partial charge >= 0.3 is 0 Å². The van der Waals surface area contributed by atoms with E-state index in [2.05, 4.69) is 20.2 Å². The third-order valence-corrected chi connectivity index (χ3v) is 3.81. The molecule has 4 heteroatoms. The number of aromatic nitrogens is 2. The maximum absolute atomic E-state index is 4.66. The summed E-state index contributed by atoms with van der Waals surface area (Å²) in [6.45, 7) is 0. The largest absolute Gasteiger partial charge is 0.336 e. The normalized spacial score (nSPS) is 11.0. The molecule has 1 N–H and O–H groups in total. The summed E-state index contributed by atoms with van der Waals surface area (Å²) in [4.78, 5) is 8.04. The molecule has 0 saturated heterocycles. The fourth-order valence-corrected chi connectivity index (χ4v) is 2.58. The summed E-state index contributed by atoms with van der Waals surface area (Å²) in [6, 6.07) is 29.7. The molecule has 0 saturated carbocycles. The number of H-pyrrole nitrogens is 1. The Bertz CT molecular complexity index is 974. The molecular formula is C21H16N4. The number of rotatable bonds is 4. The predicted molar refractivity (Wildman–Crippen MR) is 100 cm³/mol. The molecule has 0 aliphatic carbocycles. The molecule has 0 aliphatic heterocycles. The second kappa shape index (κ2) is 6.93. The third-order valence-electron chi connectivity index (χ3n) is 3.81. The highest BCUT2D eigenvalue weighted by atomic mass is 15.2. The molecule has 0 aliphatic rings. The van der Waals surface area contributed by atoms with Crippen molar-refractivity contribution < 1.29 is 0 Å². The summed E-state index contributed by atoms with van der Waals surface area (Å²) in [6.07, 6.45) is 0. The minimum Gasteiger partial charge on any atom is -0.336 e. The fourth-order valence-electron chi connectivity index (χ4n) is 2.58. The summed E-state index contributed by atoms with van der Waals surface area (Å²) in [5.74, 6) is 1.36. The van der Waals surface area contributed by atoms with Gasteiger partial charge in [0.1, 0.15) is 5.82 Å². The number of nitrogens with zero attached hydrogens (tertiary/aromatic N) is 3. The molecule has 0 spiro atoms. The smallest absolute Gasteiger partial charge is 0.200 e. The molecule has 0 amide bonds. The van der Waals surface area contributed by atoms with Crippen LogP contribution in [0.15, 0.2) is 101 Å². The van der Waals surface area contributed by atoms with Gasteiger partial charge in [-0.2, -0.15) is 0 Å². The summed E-state index contributed by atoms with van der Waals surface area (Å²) in [7, 11) is 0. The first-order chi connectivity index (χ1) is 12.4. The Hall–Kier alpha value is -3.53. The van der Waals surface area contributed by atoms with Gasteiger partial charge < -0.3 is 4.98 Å². The zero-order valence-corrected chi connectivity index (χ0v) is 13.5. The van der Waals surface area contributed by atoms with E-state index in [1.807, 2.05) is 91.0 Å². The molecule has 0 atom stereocenters. The zero-order valence-electron chi connectivity index (χ0n) is 13.5. The van der Waals surface area contributed by atoms with Crippen molar-refractivity contribution in [2.45, 2.75) is 0 Å².